The van der Waals surface area contributed by atoms with E-state index in [2.05, 4.69) is 6.58 Å². The Labute approximate surface area is 90.3 Å². The number of allylic oxidation sites excluding steroid dienone is 2. The van der Waals surface area contributed by atoms with Crippen molar-refractivity contribution >= 4 is 17.3 Å². The van der Waals surface area contributed by atoms with Crippen molar-refractivity contribution in [1.82, 2.24) is 0 Å². The number of hydrogen-bond acceptors (Lipinski definition) is 1. The molecule has 0 heterocycles. The van der Waals surface area contributed by atoms with E-state index in [1.54, 1.807) is 6.08 Å². The van der Waals surface area contributed by atoms with Gasteiger partial charge in [0.1, 0.15) is 0 Å². The van der Waals surface area contributed by atoms with Crippen molar-refractivity contribution in [1.29, 1.82) is 0 Å². The van der Waals surface area contributed by atoms with Gasteiger partial charge in [0.05, 0.1) is 0 Å². The van der Waals surface area contributed by atoms with Crippen molar-refractivity contribution in [3.05, 3.63) is 54.8 Å². The van der Waals surface area contributed by atoms with Gasteiger partial charge >= 0.3 is 0 Å². The van der Waals surface area contributed by atoms with Crippen LogP contribution in [0, 0.1) is 0 Å². The summed E-state index contributed by atoms with van der Waals surface area (Å²) in [5.74, 6) is 0.530. The van der Waals surface area contributed by atoms with E-state index in [9.17, 15) is 0 Å². The molecule has 0 aliphatic carbocycles. The van der Waals surface area contributed by atoms with Crippen LogP contribution in [0.15, 0.2) is 49.2 Å². The van der Waals surface area contributed by atoms with Gasteiger partial charge in [-0.25, -0.2) is 0 Å². The molecule has 1 aromatic carbocycles. The summed E-state index contributed by atoms with van der Waals surface area (Å²) in [5.41, 5.74) is 2.26. The predicted octanol–water partition coefficient (Wildman–Crippen LogP) is 3.56. The summed E-state index contributed by atoms with van der Waals surface area (Å²) in [5, 5.41) is 0. The van der Waals surface area contributed by atoms with Crippen molar-refractivity contribution in [3.63, 3.8) is 0 Å². The molecule has 0 saturated heterocycles. The Kier molecular flexibility index (Phi) is 4.27. The minimum atomic E-state index is 0.530. The minimum absolute atomic E-state index is 0.530. The predicted molar refractivity (Wildman–Crippen MR) is 63.7 cm³/mol. The van der Waals surface area contributed by atoms with Crippen molar-refractivity contribution in [2.24, 2.45) is 0 Å². The van der Waals surface area contributed by atoms with Crippen LogP contribution in [-0.2, 0) is 5.88 Å². The molecule has 1 rings (SSSR count). The number of hydrogen-bond donors (Lipinski definition) is 0. The first-order chi connectivity index (χ1) is 6.79. The summed E-state index contributed by atoms with van der Waals surface area (Å²) >= 11 is 5.84. The zero-order chi connectivity index (χ0) is 10.4. The van der Waals surface area contributed by atoms with Gasteiger partial charge in [0.25, 0.3) is 0 Å². The Hall–Kier alpha value is -1.21. The third kappa shape index (κ3) is 2.64. The van der Waals surface area contributed by atoms with Gasteiger partial charge in [-0.05, 0) is 17.7 Å². The standard InChI is InChI=1S/C12H14ClN/c1-3-4-9-14(2)12-8-6-5-7-11(12)10-13/h3-9H,1,10H2,2H3/b9-4-. The van der Waals surface area contributed by atoms with Crippen molar-refractivity contribution in [2.75, 3.05) is 11.9 Å². The van der Waals surface area contributed by atoms with Crippen LogP contribution in [0.4, 0.5) is 5.69 Å². The van der Waals surface area contributed by atoms with E-state index in [1.807, 2.05) is 48.5 Å². The molecule has 0 bridgehead atoms. The first-order valence-corrected chi connectivity index (χ1v) is 4.99. The Morgan fingerprint density at radius 3 is 2.79 bits per heavy atom. The molecular formula is C12H14ClN. The summed E-state index contributed by atoms with van der Waals surface area (Å²) < 4.78 is 0. The number of benzene rings is 1. The molecule has 0 N–H and O–H groups in total. The molecule has 0 spiro atoms. The summed E-state index contributed by atoms with van der Waals surface area (Å²) in [4.78, 5) is 2.03. The zero-order valence-corrected chi connectivity index (χ0v) is 9.04. The molecule has 0 aliphatic rings. The van der Waals surface area contributed by atoms with E-state index in [-0.39, 0.29) is 0 Å². The Bertz CT molecular complexity index is 331. The van der Waals surface area contributed by atoms with Gasteiger partial charge in [0.2, 0.25) is 0 Å². The summed E-state index contributed by atoms with van der Waals surface area (Å²) in [6.07, 6.45) is 5.60. The molecule has 0 atom stereocenters. The monoisotopic (exact) mass is 207 g/mol. The second-order valence-electron chi connectivity index (χ2n) is 2.95. The van der Waals surface area contributed by atoms with Crippen molar-refractivity contribution in [3.8, 4) is 0 Å². The fourth-order valence-corrected chi connectivity index (χ4v) is 1.46. The Balaban J connectivity index is 2.93. The van der Waals surface area contributed by atoms with Crippen molar-refractivity contribution < 1.29 is 0 Å². The molecule has 14 heavy (non-hydrogen) atoms. The highest BCUT2D eigenvalue weighted by Gasteiger charge is 2.02. The third-order valence-corrected chi connectivity index (χ3v) is 2.25. The second-order valence-corrected chi connectivity index (χ2v) is 3.22. The van der Waals surface area contributed by atoms with E-state index in [0.29, 0.717) is 5.88 Å². The molecule has 74 valence electrons. The quantitative estimate of drug-likeness (QED) is 0.539. The third-order valence-electron chi connectivity index (χ3n) is 1.96. The summed E-state index contributed by atoms with van der Waals surface area (Å²) in [7, 11) is 1.99. The second kappa shape index (κ2) is 5.51. The average Bonchev–Trinajstić information content (AvgIpc) is 2.25. The normalized spacial score (nSPS) is 10.4. The first kappa shape index (κ1) is 10.9. The van der Waals surface area contributed by atoms with Gasteiger partial charge < -0.3 is 4.90 Å². The van der Waals surface area contributed by atoms with Crippen LogP contribution in [0.2, 0.25) is 0 Å². The van der Waals surface area contributed by atoms with Gasteiger partial charge in [-0.3, -0.25) is 0 Å². The number of anilines is 1. The zero-order valence-electron chi connectivity index (χ0n) is 8.28. The van der Waals surface area contributed by atoms with E-state index in [1.165, 1.54) is 0 Å². The highest BCUT2D eigenvalue weighted by atomic mass is 35.5. The van der Waals surface area contributed by atoms with Gasteiger partial charge in [-0.1, -0.05) is 30.9 Å². The van der Waals surface area contributed by atoms with E-state index >= 15 is 0 Å². The lowest BCUT2D eigenvalue weighted by molar-refractivity contribution is 1.17. The van der Waals surface area contributed by atoms with Crippen LogP contribution in [0.5, 0.6) is 0 Å². The maximum atomic E-state index is 5.84. The Morgan fingerprint density at radius 1 is 1.43 bits per heavy atom. The number of para-hydroxylation sites is 1. The lowest BCUT2D eigenvalue weighted by atomic mass is 10.2. The smallest absolute Gasteiger partial charge is 0.0494 e. The van der Waals surface area contributed by atoms with Gasteiger partial charge in [0.15, 0.2) is 0 Å². The topological polar surface area (TPSA) is 3.24 Å². The highest BCUT2D eigenvalue weighted by Crippen LogP contribution is 2.20. The van der Waals surface area contributed by atoms with Gasteiger partial charge in [-0.2, -0.15) is 0 Å². The molecule has 0 radical (unpaired) electrons. The lowest BCUT2D eigenvalue weighted by Crippen LogP contribution is -2.09. The number of rotatable bonds is 4. The molecule has 0 amide bonds. The largest absolute Gasteiger partial charge is 0.351 e. The van der Waals surface area contributed by atoms with E-state index in [0.717, 1.165) is 11.3 Å². The summed E-state index contributed by atoms with van der Waals surface area (Å²) in [6, 6.07) is 8.07. The van der Waals surface area contributed by atoms with Crippen LogP contribution in [0.25, 0.3) is 0 Å². The molecule has 0 aromatic heterocycles. The van der Waals surface area contributed by atoms with E-state index < -0.39 is 0 Å². The fourth-order valence-electron chi connectivity index (χ4n) is 1.24. The minimum Gasteiger partial charge on any atom is -0.351 e. The Morgan fingerprint density at radius 2 is 2.14 bits per heavy atom. The maximum Gasteiger partial charge on any atom is 0.0494 e. The lowest BCUT2D eigenvalue weighted by Gasteiger charge is -2.16. The van der Waals surface area contributed by atoms with Crippen LogP contribution >= 0.6 is 11.6 Å². The molecule has 0 fully saturated rings. The van der Waals surface area contributed by atoms with Crippen LogP contribution in [0.1, 0.15) is 5.56 Å². The molecule has 0 saturated carbocycles. The van der Waals surface area contributed by atoms with Crippen LogP contribution in [0.3, 0.4) is 0 Å². The highest BCUT2D eigenvalue weighted by molar-refractivity contribution is 6.17. The average molecular weight is 208 g/mol. The fraction of sp³-hybridized carbons (Fsp3) is 0.167. The molecule has 2 heteroatoms. The van der Waals surface area contributed by atoms with Gasteiger partial charge in [0, 0.05) is 24.8 Å². The number of alkyl halides is 1. The summed E-state index contributed by atoms with van der Waals surface area (Å²) in [6.45, 7) is 3.63. The number of halogens is 1. The molecule has 1 nitrogen and oxygen atoms in total. The van der Waals surface area contributed by atoms with Crippen LogP contribution < -0.4 is 4.90 Å². The molecule has 0 aliphatic heterocycles. The van der Waals surface area contributed by atoms with Crippen molar-refractivity contribution in [2.45, 2.75) is 5.88 Å². The first-order valence-electron chi connectivity index (χ1n) is 4.45. The van der Waals surface area contributed by atoms with Crippen LogP contribution in [-0.4, -0.2) is 7.05 Å². The van der Waals surface area contributed by atoms with Gasteiger partial charge in [-0.15, -0.1) is 11.6 Å². The van der Waals surface area contributed by atoms with E-state index in [4.69, 9.17) is 11.6 Å². The molecule has 0 unspecified atom stereocenters. The SMILES string of the molecule is C=C/C=C\N(C)c1ccccc1CCl. The maximum absolute atomic E-state index is 5.84. The molecule has 1 aromatic rings. The molecular weight excluding hydrogens is 194 g/mol. The number of nitrogens with zero attached hydrogens (tertiary/aromatic N) is 1.